The molecule has 4 nitrogen and oxygen atoms in total. The topological polar surface area (TPSA) is 58.2 Å². The number of amides is 2. The summed E-state index contributed by atoms with van der Waals surface area (Å²) in [6, 6.07) is 9.23. The Morgan fingerprint density at radius 1 is 1.12 bits per heavy atom. The predicted octanol–water partition coefficient (Wildman–Crippen LogP) is 2.73. The Morgan fingerprint density at radius 2 is 1.75 bits per heavy atom. The van der Waals surface area contributed by atoms with Crippen LogP contribution in [-0.4, -0.2) is 30.7 Å². The molecule has 1 fully saturated rings. The van der Waals surface area contributed by atoms with E-state index in [4.69, 9.17) is 0 Å². The first-order chi connectivity index (χ1) is 11.6. The van der Waals surface area contributed by atoms with Crippen LogP contribution in [0.4, 0.5) is 0 Å². The quantitative estimate of drug-likeness (QED) is 0.547. The van der Waals surface area contributed by atoms with Crippen LogP contribution in [0.25, 0.3) is 0 Å². The second kappa shape index (κ2) is 9.11. The van der Waals surface area contributed by atoms with Gasteiger partial charge in [0, 0.05) is 19.2 Å². The lowest BCUT2D eigenvalue weighted by Gasteiger charge is -2.31. The van der Waals surface area contributed by atoms with Gasteiger partial charge >= 0.3 is 0 Å². The zero-order chi connectivity index (χ0) is 17.4. The molecule has 1 aromatic rings. The Hall–Kier alpha value is -1.49. The van der Waals surface area contributed by atoms with Gasteiger partial charge in [0.2, 0.25) is 11.8 Å². The van der Waals surface area contributed by atoms with Crippen molar-refractivity contribution >= 4 is 24.4 Å². The summed E-state index contributed by atoms with van der Waals surface area (Å²) in [5.41, 5.74) is 0.593. The Morgan fingerprint density at radius 3 is 2.29 bits per heavy atom. The molecule has 2 rings (SSSR count). The van der Waals surface area contributed by atoms with Gasteiger partial charge in [0.05, 0.1) is 5.41 Å². The summed E-state index contributed by atoms with van der Waals surface area (Å²) >= 11 is 4.47. The van der Waals surface area contributed by atoms with Crippen molar-refractivity contribution < 1.29 is 9.59 Å². The number of likely N-dealkylation sites (N-methyl/N-ethyl adjacent to an activating group) is 1. The molecular formula is C19H28N2O2S. The van der Waals surface area contributed by atoms with Crippen molar-refractivity contribution in [3.63, 3.8) is 0 Å². The molecule has 1 aromatic carbocycles. The Kier molecular flexibility index (Phi) is 7.16. The third kappa shape index (κ3) is 4.76. The van der Waals surface area contributed by atoms with Crippen LogP contribution in [0.2, 0.25) is 0 Å². The van der Waals surface area contributed by atoms with E-state index >= 15 is 0 Å². The molecule has 1 saturated carbocycles. The first-order valence-electron chi connectivity index (χ1n) is 8.78. The third-order valence-corrected chi connectivity index (χ3v) is 5.60. The van der Waals surface area contributed by atoms with Crippen molar-refractivity contribution in [3.05, 3.63) is 35.9 Å². The van der Waals surface area contributed by atoms with Crippen molar-refractivity contribution in [1.29, 1.82) is 0 Å². The van der Waals surface area contributed by atoms with Crippen molar-refractivity contribution in [2.24, 2.45) is 5.41 Å². The number of carbonyl (C=O) groups excluding carboxylic acids is 2. The van der Waals surface area contributed by atoms with Gasteiger partial charge in [0.15, 0.2) is 0 Å². The van der Waals surface area contributed by atoms with Crippen LogP contribution < -0.4 is 10.6 Å². The fourth-order valence-electron chi connectivity index (χ4n) is 3.41. The van der Waals surface area contributed by atoms with E-state index in [-0.39, 0.29) is 11.8 Å². The summed E-state index contributed by atoms with van der Waals surface area (Å²) in [6.45, 7) is 0. The standard InChI is InChI=1S/C19H28N2O2S/c1-20-17(22)16(13-15-9-5-4-6-10-15)21-18(23)19(14-24)11-7-2-3-8-12-19/h4-6,9-10,16,24H,2-3,7-8,11-14H2,1H3,(H,20,22)(H,21,23)/t16-/m0/s1. The van der Waals surface area contributed by atoms with E-state index in [9.17, 15) is 9.59 Å². The van der Waals surface area contributed by atoms with Gasteiger partial charge in [0.1, 0.15) is 6.04 Å². The van der Waals surface area contributed by atoms with Crippen LogP contribution in [0.1, 0.15) is 44.1 Å². The van der Waals surface area contributed by atoms with Crippen LogP contribution >= 0.6 is 12.6 Å². The highest BCUT2D eigenvalue weighted by molar-refractivity contribution is 7.80. The molecule has 0 saturated heterocycles. The van der Waals surface area contributed by atoms with E-state index in [2.05, 4.69) is 23.3 Å². The maximum Gasteiger partial charge on any atom is 0.242 e. The smallest absolute Gasteiger partial charge is 0.242 e. The molecule has 0 bridgehead atoms. The van der Waals surface area contributed by atoms with Crippen molar-refractivity contribution in [1.82, 2.24) is 10.6 Å². The van der Waals surface area contributed by atoms with Gasteiger partial charge < -0.3 is 10.6 Å². The highest BCUT2D eigenvalue weighted by Gasteiger charge is 2.38. The second-order valence-electron chi connectivity index (χ2n) is 6.68. The van der Waals surface area contributed by atoms with Gasteiger partial charge in [-0.25, -0.2) is 0 Å². The number of nitrogens with one attached hydrogen (secondary N) is 2. The summed E-state index contributed by atoms with van der Waals surface area (Å²) in [6.07, 6.45) is 6.66. The molecule has 1 aliphatic rings. The summed E-state index contributed by atoms with van der Waals surface area (Å²) in [5, 5.41) is 5.67. The molecule has 0 heterocycles. The van der Waals surface area contributed by atoms with Gasteiger partial charge in [0.25, 0.3) is 0 Å². The van der Waals surface area contributed by atoms with Crippen LogP contribution in [0.15, 0.2) is 30.3 Å². The first-order valence-corrected chi connectivity index (χ1v) is 9.42. The van der Waals surface area contributed by atoms with Gasteiger partial charge in [-0.3, -0.25) is 9.59 Å². The summed E-state index contributed by atoms with van der Waals surface area (Å²) in [4.78, 5) is 25.2. The number of rotatable bonds is 6. The highest BCUT2D eigenvalue weighted by Crippen LogP contribution is 2.36. The average molecular weight is 349 g/mol. The van der Waals surface area contributed by atoms with E-state index in [1.165, 1.54) is 12.8 Å². The number of benzene rings is 1. The number of hydrogen-bond acceptors (Lipinski definition) is 3. The van der Waals surface area contributed by atoms with Crippen molar-refractivity contribution in [2.75, 3.05) is 12.8 Å². The van der Waals surface area contributed by atoms with Crippen LogP contribution in [-0.2, 0) is 16.0 Å². The van der Waals surface area contributed by atoms with Gasteiger partial charge in [-0.05, 0) is 18.4 Å². The lowest BCUT2D eigenvalue weighted by Crippen LogP contribution is -2.52. The second-order valence-corrected chi connectivity index (χ2v) is 7.00. The molecule has 0 aliphatic heterocycles. The van der Waals surface area contributed by atoms with Gasteiger partial charge in [-0.2, -0.15) is 12.6 Å². The molecule has 2 N–H and O–H groups in total. The van der Waals surface area contributed by atoms with Crippen molar-refractivity contribution in [2.45, 2.75) is 51.0 Å². The molecule has 132 valence electrons. The third-order valence-electron chi connectivity index (χ3n) is 5.00. The Labute approximate surface area is 150 Å². The molecule has 1 aliphatic carbocycles. The van der Waals surface area contributed by atoms with E-state index in [1.54, 1.807) is 7.05 Å². The average Bonchev–Trinajstić information content (AvgIpc) is 2.88. The van der Waals surface area contributed by atoms with Crippen molar-refractivity contribution in [3.8, 4) is 0 Å². The molecule has 5 heteroatoms. The SMILES string of the molecule is CNC(=O)[C@H](Cc1ccccc1)NC(=O)C1(CS)CCCCCC1. The molecular weight excluding hydrogens is 320 g/mol. The normalized spacial score (nSPS) is 18.2. The maximum atomic E-state index is 13.0. The van der Waals surface area contributed by atoms with Crippen LogP contribution in [0, 0.1) is 5.41 Å². The minimum absolute atomic E-state index is 0.0241. The molecule has 0 spiro atoms. The lowest BCUT2D eigenvalue weighted by molar-refractivity contribution is -0.134. The Bertz CT molecular complexity index is 540. The molecule has 0 unspecified atom stereocenters. The minimum Gasteiger partial charge on any atom is -0.357 e. The van der Waals surface area contributed by atoms with Crippen LogP contribution in [0.5, 0.6) is 0 Å². The van der Waals surface area contributed by atoms with E-state index in [0.29, 0.717) is 12.2 Å². The Balaban J connectivity index is 2.12. The molecule has 0 aromatic heterocycles. The highest BCUT2D eigenvalue weighted by atomic mass is 32.1. The van der Waals surface area contributed by atoms with Gasteiger partial charge in [-0.15, -0.1) is 0 Å². The predicted molar refractivity (Wildman–Crippen MR) is 100 cm³/mol. The fourth-order valence-corrected chi connectivity index (χ4v) is 3.87. The van der Waals surface area contributed by atoms with Gasteiger partial charge in [-0.1, -0.05) is 56.0 Å². The van der Waals surface area contributed by atoms with E-state index < -0.39 is 11.5 Å². The molecule has 2 amide bonds. The molecule has 1 atom stereocenters. The van der Waals surface area contributed by atoms with E-state index in [1.807, 2.05) is 30.3 Å². The molecule has 0 radical (unpaired) electrons. The monoisotopic (exact) mass is 348 g/mol. The summed E-state index contributed by atoms with van der Waals surface area (Å²) in [5.74, 6) is 0.351. The number of hydrogen-bond donors (Lipinski definition) is 3. The maximum absolute atomic E-state index is 13.0. The largest absolute Gasteiger partial charge is 0.357 e. The molecule has 24 heavy (non-hydrogen) atoms. The zero-order valence-corrected chi connectivity index (χ0v) is 15.3. The number of thiol groups is 1. The fraction of sp³-hybridized carbons (Fsp3) is 0.579. The first kappa shape index (κ1) is 18.8. The van der Waals surface area contributed by atoms with Crippen LogP contribution in [0.3, 0.4) is 0 Å². The summed E-state index contributed by atoms with van der Waals surface area (Å²) < 4.78 is 0. The lowest BCUT2D eigenvalue weighted by atomic mass is 9.81. The number of carbonyl (C=O) groups is 2. The van der Waals surface area contributed by atoms with E-state index in [0.717, 1.165) is 31.2 Å². The zero-order valence-electron chi connectivity index (χ0n) is 14.4. The summed E-state index contributed by atoms with van der Waals surface area (Å²) in [7, 11) is 1.60. The minimum atomic E-state index is -0.551.